The molecule has 0 bridgehead atoms. The summed E-state index contributed by atoms with van der Waals surface area (Å²) in [6.07, 6.45) is 3.29. The summed E-state index contributed by atoms with van der Waals surface area (Å²) in [5.41, 5.74) is 0.643. The van der Waals surface area contributed by atoms with Gasteiger partial charge in [0.15, 0.2) is 0 Å². The second-order valence-corrected chi connectivity index (χ2v) is 6.42. The smallest absolute Gasteiger partial charge is 0.138 e. The molecule has 0 unspecified atom stereocenters. The maximum atomic E-state index is 6.17. The van der Waals surface area contributed by atoms with Crippen molar-refractivity contribution in [3.05, 3.63) is 33.6 Å². The summed E-state index contributed by atoms with van der Waals surface area (Å²) in [5.74, 6) is 1.03. The van der Waals surface area contributed by atoms with Crippen molar-refractivity contribution in [1.29, 1.82) is 0 Å². The molecule has 0 fully saturated rings. The Morgan fingerprint density at radius 3 is 2.58 bits per heavy atom. The zero-order chi connectivity index (χ0) is 14.0. The van der Waals surface area contributed by atoms with Crippen LogP contribution in [0.1, 0.15) is 44.2 Å². The molecule has 0 saturated heterocycles. The van der Waals surface area contributed by atoms with E-state index in [0.29, 0.717) is 5.15 Å². The molecule has 6 heteroatoms. The molecule has 0 amide bonds. The standard InChI is InChI=1S/C13H17ClN4S/c1-8(2)9-10(14)16-7-17-11(9)18-13(3,4)12-15-5-6-19-12/h5-8H,1-4H3,(H,16,17,18). The van der Waals surface area contributed by atoms with Gasteiger partial charge in [-0.25, -0.2) is 15.0 Å². The fraction of sp³-hybridized carbons (Fsp3) is 0.462. The first-order valence-corrected chi connectivity index (χ1v) is 7.36. The summed E-state index contributed by atoms with van der Waals surface area (Å²) in [6, 6.07) is 0. The largest absolute Gasteiger partial charge is 0.358 e. The molecule has 2 aromatic heterocycles. The molecule has 0 aromatic carbocycles. The second kappa shape index (κ2) is 5.43. The molecule has 0 radical (unpaired) electrons. The van der Waals surface area contributed by atoms with Gasteiger partial charge in [-0.15, -0.1) is 11.3 Å². The van der Waals surface area contributed by atoms with Crippen LogP contribution in [0.25, 0.3) is 0 Å². The molecule has 0 atom stereocenters. The van der Waals surface area contributed by atoms with Crippen LogP contribution in [-0.2, 0) is 5.54 Å². The summed E-state index contributed by atoms with van der Waals surface area (Å²) in [4.78, 5) is 12.7. The quantitative estimate of drug-likeness (QED) is 0.865. The van der Waals surface area contributed by atoms with Gasteiger partial charge in [0.1, 0.15) is 22.3 Å². The summed E-state index contributed by atoms with van der Waals surface area (Å²) >= 11 is 7.79. The molecule has 19 heavy (non-hydrogen) atoms. The first kappa shape index (κ1) is 14.2. The third kappa shape index (κ3) is 3.04. The number of rotatable bonds is 4. The highest BCUT2D eigenvalue weighted by Gasteiger charge is 2.26. The number of nitrogens with zero attached hydrogens (tertiary/aromatic N) is 3. The lowest BCUT2D eigenvalue weighted by Crippen LogP contribution is -2.29. The van der Waals surface area contributed by atoms with E-state index in [1.807, 2.05) is 5.38 Å². The minimum absolute atomic E-state index is 0.253. The van der Waals surface area contributed by atoms with E-state index in [9.17, 15) is 0 Å². The number of hydrogen-bond donors (Lipinski definition) is 1. The zero-order valence-electron chi connectivity index (χ0n) is 11.4. The van der Waals surface area contributed by atoms with Crippen molar-refractivity contribution in [3.63, 3.8) is 0 Å². The van der Waals surface area contributed by atoms with Gasteiger partial charge in [-0.2, -0.15) is 0 Å². The molecule has 2 heterocycles. The summed E-state index contributed by atoms with van der Waals surface area (Å²) in [6.45, 7) is 8.30. The van der Waals surface area contributed by atoms with Crippen LogP contribution in [-0.4, -0.2) is 15.0 Å². The summed E-state index contributed by atoms with van der Waals surface area (Å²) in [7, 11) is 0. The lowest BCUT2D eigenvalue weighted by molar-refractivity contribution is 0.597. The maximum Gasteiger partial charge on any atom is 0.138 e. The van der Waals surface area contributed by atoms with E-state index < -0.39 is 0 Å². The molecule has 0 aliphatic heterocycles. The number of nitrogens with one attached hydrogen (secondary N) is 1. The van der Waals surface area contributed by atoms with E-state index in [0.717, 1.165) is 16.4 Å². The minimum Gasteiger partial charge on any atom is -0.358 e. The van der Waals surface area contributed by atoms with E-state index in [1.165, 1.54) is 6.33 Å². The van der Waals surface area contributed by atoms with Gasteiger partial charge in [0.25, 0.3) is 0 Å². The van der Waals surface area contributed by atoms with Gasteiger partial charge in [0, 0.05) is 17.1 Å². The predicted molar refractivity (Wildman–Crippen MR) is 79.9 cm³/mol. The van der Waals surface area contributed by atoms with Crippen LogP contribution < -0.4 is 5.32 Å². The van der Waals surface area contributed by atoms with Crippen molar-refractivity contribution in [2.75, 3.05) is 5.32 Å². The number of aromatic nitrogens is 3. The molecule has 0 saturated carbocycles. The lowest BCUT2D eigenvalue weighted by Gasteiger charge is -2.26. The van der Waals surface area contributed by atoms with Crippen molar-refractivity contribution in [1.82, 2.24) is 15.0 Å². The number of thiazole rings is 1. The van der Waals surface area contributed by atoms with Gasteiger partial charge >= 0.3 is 0 Å². The van der Waals surface area contributed by atoms with E-state index in [4.69, 9.17) is 11.6 Å². The monoisotopic (exact) mass is 296 g/mol. The third-order valence-electron chi connectivity index (χ3n) is 2.81. The van der Waals surface area contributed by atoms with Crippen LogP contribution >= 0.6 is 22.9 Å². The molecule has 102 valence electrons. The topological polar surface area (TPSA) is 50.7 Å². The summed E-state index contributed by atoms with van der Waals surface area (Å²) in [5, 5.41) is 6.90. The third-order valence-corrected chi connectivity index (χ3v) is 4.21. The van der Waals surface area contributed by atoms with Gasteiger partial charge < -0.3 is 5.32 Å². The number of halogens is 1. The first-order chi connectivity index (χ1) is 8.92. The molecule has 0 spiro atoms. The van der Waals surface area contributed by atoms with Gasteiger partial charge in [0.2, 0.25) is 0 Å². The Bertz CT molecular complexity index is 552. The minimum atomic E-state index is -0.296. The lowest BCUT2D eigenvalue weighted by atomic mass is 10.0. The Balaban J connectivity index is 2.36. The zero-order valence-corrected chi connectivity index (χ0v) is 13.0. The fourth-order valence-electron chi connectivity index (χ4n) is 1.87. The Kier molecular flexibility index (Phi) is 4.06. The molecule has 4 nitrogen and oxygen atoms in total. The highest BCUT2D eigenvalue weighted by molar-refractivity contribution is 7.09. The SMILES string of the molecule is CC(C)c1c(Cl)ncnc1NC(C)(C)c1nccs1. The maximum absolute atomic E-state index is 6.17. The van der Waals surface area contributed by atoms with Gasteiger partial charge in [-0.3, -0.25) is 0 Å². The van der Waals surface area contributed by atoms with Crippen LogP contribution in [0.2, 0.25) is 5.15 Å². The average molecular weight is 297 g/mol. The van der Waals surface area contributed by atoms with Crippen LogP contribution in [0.4, 0.5) is 5.82 Å². The predicted octanol–water partition coefficient (Wildman–Crippen LogP) is 4.06. The first-order valence-electron chi connectivity index (χ1n) is 6.10. The van der Waals surface area contributed by atoms with Crippen LogP contribution in [0, 0.1) is 0 Å². The Hall–Kier alpha value is -1.20. The molecule has 0 aliphatic carbocycles. The van der Waals surface area contributed by atoms with Gasteiger partial charge in [-0.1, -0.05) is 25.4 Å². The molecular weight excluding hydrogens is 280 g/mol. The van der Waals surface area contributed by atoms with E-state index in [2.05, 4.69) is 48.0 Å². The van der Waals surface area contributed by atoms with Crippen LogP contribution in [0.3, 0.4) is 0 Å². The van der Waals surface area contributed by atoms with Crippen molar-refractivity contribution in [2.45, 2.75) is 39.2 Å². The van der Waals surface area contributed by atoms with E-state index in [-0.39, 0.29) is 11.5 Å². The van der Waals surface area contributed by atoms with Crippen molar-refractivity contribution in [3.8, 4) is 0 Å². The fourth-order valence-corrected chi connectivity index (χ4v) is 2.94. The Labute approximate surface area is 122 Å². The number of anilines is 1. The van der Waals surface area contributed by atoms with Crippen molar-refractivity contribution >= 4 is 28.8 Å². The van der Waals surface area contributed by atoms with Gasteiger partial charge in [0.05, 0.1) is 5.54 Å². The van der Waals surface area contributed by atoms with Gasteiger partial charge in [-0.05, 0) is 19.8 Å². The number of hydrogen-bond acceptors (Lipinski definition) is 5. The summed E-state index contributed by atoms with van der Waals surface area (Å²) < 4.78 is 0. The van der Waals surface area contributed by atoms with Crippen molar-refractivity contribution < 1.29 is 0 Å². The van der Waals surface area contributed by atoms with Crippen LogP contribution in [0.5, 0.6) is 0 Å². The molecule has 0 aliphatic rings. The molecule has 1 N–H and O–H groups in total. The van der Waals surface area contributed by atoms with Crippen molar-refractivity contribution in [2.24, 2.45) is 0 Å². The normalized spacial score (nSPS) is 11.9. The molecule has 2 aromatic rings. The molecule has 2 rings (SSSR count). The highest BCUT2D eigenvalue weighted by atomic mass is 35.5. The average Bonchev–Trinajstić information content (AvgIpc) is 2.81. The Morgan fingerprint density at radius 2 is 2.00 bits per heavy atom. The van der Waals surface area contributed by atoms with Crippen LogP contribution in [0.15, 0.2) is 17.9 Å². The Morgan fingerprint density at radius 1 is 1.26 bits per heavy atom. The molecular formula is C13H17ClN4S. The van der Waals surface area contributed by atoms with E-state index in [1.54, 1.807) is 17.5 Å². The second-order valence-electron chi connectivity index (χ2n) is 5.17. The van der Waals surface area contributed by atoms with E-state index >= 15 is 0 Å². The highest BCUT2D eigenvalue weighted by Crippen LogP contribution is 2.33.